The SMILES string of the molecule is C#Cc1cccc(NC(=O)CNC(=NC)NCc2ccc(C)cc2OCC(F)(F)F)c1. The van der Waals surface area contributed by atoms with Crippen LogP contribution in [0.5, 0.6) is 5.75 Å². The molecule has 164 valence electrons. The number of halogens is 3. The highest BCUT2D eigenvalue weighted by molar-refractivity contribution is 5.95. The minimum atomic E-state index is -4.43. The number of aliphatic imine (C=N–C) groups is 1. The molecule has 2 aromatic carbocycles. The maximum Gasteiger partial charge on any atom is 0.422 e. The molecule has 2 aromatic rings. The number of hydrogen-bond acceptors (Lipinski definition) is 3. The first-order valence-corrected chi connectivity index (χ1v) is 9.30. The van der Waals surface area contributed by atoms with Gasteiger partial charge in [-0.1, -0.05) is 24.1 Å². The number of amides is 1. The molecule has 0 aliphatic rings. The van der Waals surface area contributed by atoms with E-state index in [1.807, 2.05) is 0 Å². The molecule has 2 rings (SSSR count). The lowest BCUT2D eigenvalue weighted by Crippen LogP contribution is -2.41. The highest BCUT2D eigenvalue weighted by Gasteiger charge is 2.28. The molecular weight excluding hydrogens is 409 g/mol. The molecule has 0 atom stereocenters. The molecular formula is C22H23F3N4O2. The quantitative estimate of drug-likeness (QED) is 0.357. The highest BCUT2D eigenvalue weighted by Crippen LogP contribution is 2.23. The van der Waals surface area contributed by atoms with Gasteiger partial charge in [0.1, 0.15) is 5.75 Å². The molecule has 0 saturated heterocycles. The van der Waals surface area contributed by atoms with E-state index < -0.39 is 12.8 Å². The first-order valence-electron chi connectivity index (χ1n) is 9.30. The van der Waals surface area contributed by atoms with Crippen molar-refractivity contribution in [2.75, 3.05) is 25.5 Å². The van der Waals surface area contributed by atoms with Gasteiger partial charge in [0.05, 0.1) is 6.54 Å². The fourth-order valence-electron chi connectivity index (χ4n) is 2.56. The number of rotatable bonds is 7. The van der Waals surface area contributed by atoms with E-state index in [-0.39, 0.29) is 24.7 Å². The monoisotopic (exact) mass is 432 g/mol. The number of alkyl halides is 3. The maximum absolute atomic E-state index is 12.5. The van der Waals surface area contributed by atoms with Gasteiger partial charge in [0.25, 0.3) is 0 Å². The molecule has 0 fully saturated rings. The molecule has 0 unspecified atom stereocenters. The number of terminal acetylenes is 1. The van der Waals surface area contributed by atoms with Gasteiger partial charge in [0.2, 0.25) is 5.91 Å². The molecule has 1 amide bonds. The second-order valence-electron chi connectivity index (χ2n) is 6.57. The van der Waals surface area contributed by atoms with Crippen LogP contribution in [-0.2, 0) is 11.3 Å². The van der Waals surface area contributed by atoms with Crippen molar-refractivity contribution in [1.29, 1.82) is 0 Å². The number of guanidine groups is 1. The molecule has 0 aromatic heterocycles. The van der Waals surface area contributed by atoms with E-state index in [0.717, 1.165) is 5.56 Å². The van der Waals surface area contributed by atoms with Gasteiger partial charge in [-0.15, -0.1) is 6.42 Å². The van der Waals surface area contributed by atoms with Crippen molar-refractivity contribution in [3.63, 3.8) is 0 Å². The third kappa shape index (κ3) is 8.30. The van der Waals surface area contributed by atoms with E-state index in [1.54, 1.807) is 43.3 Å². The number of carbonyl (C=O) groups is 1. The van der Waals surface area contributed by atoms with Crippen LogP contribution < -0.4 is 20.7 Å². The number of nitrogens with one attached hydrogen (secondary N) is 3. The molecule has 0 spiro atoms. The molecule has 0 aliphatic heterocycles. The van der Waals surface area contributed by atoms with E-state index in [9.17, 15) is 18.0 Å². The average Bonchev–Trinajstić information content (AvgIpc) is 2.73. The van der Waals surface area contributed by atoms with Crippen molar-refractivity contribution in [3.8, 4) is 18.1 Å². The number of benzene rings is 2. The Bertz CT molecular complexity index is 981. The van der Waals surface area contributed by atoms with Gasteiger partial charge in [-0.3, -0.25) is 9.79 Å². The zero-order chi connectivity index (χ0) is 22.9. The largest absolute Gasteiger partial charge is 0.484 e. The summed E-state index contributed by atoms with van der Waals surface area (Å²) in [5.74, 6) is 2.60. The van der Waals surface area contributed by atoms with Crippen LogP contribution >= 0.6 is 0 Å². The topological polar surface area (TPSA) is 74.8 Å². The third-order valence-electron chi connectivity index (χ3n) is 4.01. The Balaban J connectivity index is 1.91. The first kappa shape index (κ1) is 23.6. The van der Waals surface area contributed by atoms with Crippen LogP contribution in [0.1, 0.15) is 16.7 Å². The van der Waals surface area contributed by atoms with Crippen LogP contribution in [0, 0.1) is 19.3 Å². The molecule has 0 saturated carbocycles. The van der Waals surface area contributed by atoms with Crippen LogP contribution in [-0.4, -0.2) is 38.2 Å². The molecule has 0 heterocycles. The summed E-state index contributed by atoms with van der Waals surface area (Å²) < 4.78 is 42.4. The summed E-state index contributed by atoms with van der Waals surface area (Å²) in [6.45, 7) is 0.456. The zero-order valence-corrected chi connectivity index (χ0v) is 17.1. The Labute approximate surface area is 178 Å². The minimum Gasteiger partial charge on any atom is -0.484 e. The molecule has 6 nitrogen and oxygen atoms in total. The lowest BCUT2D eigenvalue weighted by atomic mass is 10.1. The van der Waals surface area contributed by atoms with Crippen molar-refractivity contribution in [2.24, 2.45) is 4.99 Å². The second kappa shape index (κ2) is 10.9. The Kier molecular flexibility index (Phi) is 8.32. The maximum atomic E-state index is 12.5. The number of aryl methyl sites for hydroxylation is 1. The average molecular weight is 432 g/mol. The number of carbonyl (C=O) groups excluding carboxylic acids is 1. The van der Waals surface area contributed by atoms with Crippen molar-refractivity contribution in [3.05, 3.63) is 59.2 Å². The minimum absolute atomic E-state index is 0.0781. The van der Waals surface area contributed by atoms with E-state index in [4.69, 9.17) is 11.2 Å². The molecule has 0 bridgehead atoms. The van der Waals surface area contributed by atoms with Gasteiger partial charge in [-0.05, 0) is 36.8 Å². The van der Waals surface area contributed by atoms with Gasteiger partial charge in [-0.25, -0.2) is 0 Å². The molecule has 9 heteroatoms. The second-order valence-corrected chi connectivity index (χ2v) is 6.57. The number of anilines is 1. The van der Waals surface area contributed by atoms with Crippen molar-refractivity contribution in [1.82, 2.24) is 10.6 Å². The Morgan fingerprint density at radius 1 is 1.19 bits per heavy atom. The van der Waals surface area contributed by atoms with Crippen molar-refractivity contribution < 1.29 is 22.7 Å². The van der Waals surface area contributed by atoms with Gasteiger partial charge in [0.15, 0.2) is 12.6 Å². The summed E-state index contributed by atoms with van der Waals surface area (Å²) in [5.41, 5.74) is 2.50. The standard InChI is InChI=1S/C22H23F3N4O2/c1-4-16-6-5-7-18(11-16)29-20(30)13-28-21(26-3)27-12-17-9-8-15(2)10-19(17)31-14-22(23,24)25/h1,5-11H,12-14H2,2-3H3,(H,29,30)(H2,26,27,28). The smallest absolute Gasteiger partial charge is 0.422 e. The Hall–Kier alpha value is -3.67. The highest BCUT2D eigenvalue weighted by atomic mass is 19.4. The van der Waals surface area contributed by atoms with Crippen LogP contribution in [0.3, 0.4) is 0 Å². The van der Waals surface area contributed by atoms with E-state index in [0.29, 0.717) is 22.8 Å². The zero-order valence-electron chi connectivity index (χ0n) is 17.1. The normalized spacial score (nSPS) is 11.4. The summed E-state index contributed by atoms with van der Waals surface area (Å²) in [5, 5.41) is 8.50. The van der Waals surface area contributed by atoms with E-state index >= 15 is 0 Å². The van der Waals surface area contributed by atoms with Gasteiger partial charge in [0, 0.05) is 30.4 Å². The number of ether oxygens (including phenoxy) is 1. The Morgan fingerprint density at radius 2 is 1.97 bits per heavy atom. The van der Waals surface area contributed by atoms with Gasteiger partial charge < -0.3 is 20.7 Å². The summed E-state index contributed by atoms with van der Waals surface area (Å²) in [6.07, 6.45) is 0.911. The van der Waals surface area contributed by atoms with Gasteiger partial charge in [-0.2, -0.15) is 13.2 Å². The lowest BCUT2D eigenvalue weighted by molar-refractivity contribution is -0.153. The third-order valence-corrected chi connectivity index (χ3v) is 4.01. The fraction of sp³-hybridized carbons (Fsp3) is 0.273. The molecule has 31 heavy (non-hydrogen) atoms. The van der Waals surface area contributed by atoms with Crippen LogP contribution in [0.4, 0.5) is 18.9 Å². The summed E-state index contributed by atoms with van der Waals surface area (Å²) in [6, 6.07) is 11.8. The molecule has 0 radical (unpaired) electrons. The fourth-order valence-corrected chi connectivity index (χ4v) is 2.56. The van der Waals surface area contributed by atoms with Crippen LogP contribution in [0.25, 0.3) is 0 Å². The predicted molar refractivity (Wildman–Crippen MR) is 114 cm³/mol. The molecule has 3 N–H and O–H groups in total. The van der Waals surface area contributed by atoms with E-state index in [1.165, 1.54) is 13.1 Å². The lowest BCUT2D eigenvalue weighted by Gasteiger charge is -2.16. The summed E-state index contributed by atoms with van der Waals surface area (Å²) >= 11 is 0. The van der Waals surface area contributed by atoms with Crippen LogP contribution in [0.15, 0.2) is 47.5 Å². The summed E-state index contributed by atoms with van der Waals surface area (Å²) in [4.78, 5) is 16.2. The number of nitrogens with zero attached hydrogens (tertiary/aromatic N) is 1. The number of hydrogen-bond donors (Lipinski definition) is 3. The Morgan fingerprint density at radius 3 is 2.65 bits per heavy atom. The molecule has 0 aliphatic carbocycles. The van der Waals surface area contributed by atoms with E-state index in [2.05, 4.69) is 26.9 Å². The van der Waals surface area contributed by atoms with Gasteiger partial charge >= 0.3 is 6.18 Å². The van der Waals surface area contributed by atoms with Crippen molar-refractivity contribution >= 4 is 17.6 Å². The van der Waals surface area contributed by atoms with Crippen LogP contribution in [0.2, 0.25) is 0 Å². The first-order chi connectivity index (χ1) is 14.7. The summed E-state index contributed by atoms with van der Waals surface area (Å²) in [7, 11) is 1.51. The predicted octanol–water partition coefficient (Wildman–Crippen LogP) is 3.22. The van der Waals surface area contributed by atoms with Crippen molar-refractivity contribution in [2.45, 2.75) is 19.6 Å².